The van der Waals surface area contributed by atoms with Crippen LogP contribution in [0, 0.1) is 5.41 Å². The maximum Gasteiger partial charge on any atom is 0.357 e. The molecule has 6 heteroatoms. The molecule has 0 aromatic carbocycles. The zero-order valence-electron chi connectivity index (χ0n) is 10.8. The second-order valence-corrected chi connectivity index (χ2v) is 6.16. The van der Waals surface area contributed by atoms with Gasteiger partial charge in [0, 0.05) is 6.54 Å². The zero-order valence-corrected chi connectivity index (χ0v) is 11.6. The fourth-order valence-electron chi connectivity index (χ4n) is 2.15. The summed E-state index contributed by atoms with van der Waals surface area (Å²) in [7, 11) is 2.14. The molecule has 2 rings (SSSR count). The first-order chi connectivity index (χ1) is 8.50. The van der Waals surface area contributed by atoms with Crippen LogP contribution in [0.4, 0.5) is 5.00 Å². The van der Waals surface area contributed by atoms with Gasteiger partial charge in [-0.05, 0) is 38.4 Å². The first-order valence-corrected chi connectivity index (χ1v) is 6.97. The molecule has 0 saturated carbocycles. The van der Waals surface area contributed by atoms with Crippen molar-refractivity contribution in [3.63, 3.8) is 0 Å². The van der Waals surface area contributed by atoms with E-state index in [0.717, 1.165) is 32.5 Å². The first kappa shape index (κ1) is 13.3. The van der Waals surface area contributed by atoms with Crippen molar-refractivity contribution in [1.82, 2.24) is 9.88 Å². The van der Waals surface area contributed by atoms with Crippen molar-refractivity contribution in [2.75, 3.05) is 32.0 Å². The van der Waals surface area contributed by atoms with E-state index in [1.807, 2.05) is 0 Å². The molecule has 1 aliphatic rings. The Labute approximate surface area is 111 Å². The number of rotatable bonds is 4. The zero-order chi connectivity index (χ0) is 13.2. The summed E-state index contributed by atoms with van der Waals surface area (Å²) < 4.78 is 0. The number of thiazole rings is 1. The number of piperidine rings is 1. The van der Waals surface area contributed by atoms with Crippen molar-refractivity contribution in [2.45, 2.75) is 19.8 Å². The van der Waals surface area contributed by atoms with E-state index in [1.165, 1.54) is 11.3 Å². The van der Waals surface area contributed by atoms with E-state index in [-0.39, 0.29) is 11.1 Å². The first-order valence-electron chi connectivity index (χ1n) is 6.09. The van der Waals surface area contributed by atoms with Crippen LogP contribution in [0.3, 0.4) is 0 Å². The number of anilines is 1. The molecule has 0 bridgehead atoms. The lowest BCUT2D eigenvalue weighted by atomic mass is 9.80. The highest BCUT2D eigenvalue weighted by molar-refractivity contribution is 7.14. The predicted octanol–water partition coefficient (Wildman–Crippen LogP) is 1.99. The van der Waals surface area contributed by atoms with E-state index in [0.29, 0.717) is 5.00 Å². The third kappa shape index (κ3) is 3.00. The summed E-state index contributed by atoms with van der Waals surface area (Å²) in [6, 6.07) is 0. The molecule has 18 heavy (non-hydrogen) atoms. The van der Waals surface area contributed by atoms with Crippen molar-refractivity contribution in [1.29, 1.82) is 0 Å². The number of carboxylic acids is 1. The van der Waals surface area contributed by atoms with Gasteiger partial charge in [0.1, 0.15) is 5.00 Å². The van der Waals surface area contributed by atoms with Gasteiger partial charge in [0.15, 0.2) is 5.69 Å². The summed E-state index contributed by atoms with van der Waals surface area (Å²) >= 11 is 1.35. The highest BCUT2D eigenvalue weighted by atomic mass is 32.1. The summed E-state index contributed by atoms with van der Waals surface area (Å²) in [5.74, 6) is -0.965. The Kier molecular flexibility index (Phi) is 3.87. The van der Waals surface area contributed by atoms with Crippen LogP contribution in [0.5, 0.6) is 0 Å². The molecule has 5 nitrogen and oxygen atoms in total. The van der Waals surface area contributed by atoms with Crippen LogP contribution in [0.1, 0.15) is 30.3 Å². The van der Waals surface area contributed by atoms with E-state index >= 15 is 0 Å². The molecule has 0 radical (unpaired) electrons. The largest absolute Gasteiger partial charge is 0.476 e. The van der Waals surface area contributed by atoms with Gasteiger partial charge in [-0.25, -0.2) is 9.78 Å². The third-order valence-corrected chi connectivity index (χ3v) is 4.42. The van der Waals surface area contributed by atoms with Gasteiger partial charge in [0.05, 0.1) is 5.51 Å². The molecule has 1 saturated heterocycles. The molecule has 0 atom stereocenters. The quantitative estimate of drug-likeness (QED) is 0.875. The second-order valence-electron chi connectivity index (χ2n) is 5.30. The molecule has 0 aliphatic carbocycles. The summed E-state index contributed by atoms with van der Waals surface area (Å²) in [6.07, 6.45) is 2.27. The molecule has 1 aromatic rings. The summed E-state index contributed by atoms with van der Waals surface area (Å²) in [4.78, 5) is 17.1. The van der Waals surface area contributed by atoms with Crippen LogP contribution in [0.25, 0.3) is 0 Å². The van der Waals surface area contributed by atoms with Crippen LogP contribution < -0.4 is 5.32 Å². The molecule has 0 spiro atoms. The summed E-state index contributed by atoms with van der Waals surface area (Å²) in [6.45, 7) is 5.27. The van der Waals surface area contributed by atoms with Gasteiger partial charge >= 0.3 is 5.97 Å². The summed E-state index contributed by atoms with van der Waals surface area (Å²) in [5, 5.41) is 12.9. The van der Waals surface area contributed by atoms with Gasteiger partial charge < -0.3 is 15.3 Å². The number of nitrogens with one attached hydrogen (secondary N) is 1. The molecule has 2 N–H and O–H groups in total. The van der Waals surface area contributed by atoms with E-state index in [9.17, 15) is 4.79 Å². The molecule has 1 fully saturated rings. The van der Waals surface area contributed by atoms with E-state index in [4.69, 9.17) is 5.11 Å². The van der Waals surface area contributed by atoms with Gasteiger partial charge in [-0.3, -0.25) is 0 Å². The molecule has 2 heterocycles. The average Bonchev–Trinajstić information content (AvgIpc) is 2.79. The van der Waals surface area contributed by atoms with Gasteiger partial charge in [-0.1, -0.05) is 6.92 Å². The lowest BCUT2D eigenvalue weighted by Gasteiger charge is -2.38. The molecular weight excluding hydrogens is 250 g/mol. The smallest absolute Gasteiger partial charge is 0.357 e. The van der Waals surface area contributed by atoms with E-state index in [2.05, 4.69) is 29.2 Å². The molecular formula is C12H19N3O2S. The minimum absolute atomic E-state index is 0.136. The molecule has 0 unspecified atom stereocenters. The third-order valence-electron chi connectivity index (χ3n) is 3.64. The fourth-order valence-corrected chi connectivity index (χ4v) is 2.82. The van der Waals surface area contributed by atoms with Crippen molar-refractivity contribution in [3.05, 3.63) is 11.2 Å². The topological polar surface area (TPSA) is 65.5 Å². The highest BCUT2D eigenvalue weighted by Gasteiger charge is 2.29. The van der Waals surface area contributed by atoms with Crippen molar-refractivity contribution in [2.24, 2.45) is 5.41 Å². The Morgan fingerprint density at radius 1 is 1.61 bits per heavy atom. The highest BCUT2D eigenvalue weighted by Crippen LogP contribution is 2.31. The maximum atomic E-state index is 11.0. The van der Waals surface area contributed by atoms with Gasteiger partial charge in [0.2, 0.25) is 0 Å². The average molecular weight is 269 g/mol. The lowest BCUT2D eigenvalue weighted by Crippen LogP contribution is -2.40. The lowest BCUT2D eigenvalue weighted by molar-refractivity contribution is 0.0692. The van der Waals surface area contributed by atoms with Crippen LogP contribution in [0.15, 0.2) is 5.51 Å². The Balaban J connectivity index is 1.95. The van der Waals surface area contributed by atoms with Crippen molar-refractivity contribution < 1.29 is 9.90 Å². The number of carbonyl (C=O) groups is 1. The molecule has 1 aliphatic heterocycles. The molecule has 1 aromatic heterocycles. The van der Waals surface area contributed by atoms with Gasteiger partial charge in [0.25, 0.3) is 0 Å². The number of aromatic carboxylic acids is 1. The SMILES string of the molecule is CN1CCC(C)(CNc2scnc2C(=O)O)CC1. The Morgan fingerprint density at radius 3 is 2.89 bits per heavy atom. The number of hydrogen-bond acceptors (Lipinski definition) is 5. The van der Waals surface area contributed by atoms with Crippen LogP contribution >= 0.6 is 11.3 Å². The Hall–Kier alpha value is -1.14. The minimum Gasteiger partial charge on any atom is -0.476 e. The van der Waals surface area contributed by atoms with Crippen LogP contribution in [-0.4, -0.2) is 47.6 Å². The number of likely N-dealkylation sites (tertiary alicyclic amines) is 1. The predicted molar refractivity (Wildman–Crippen MR) is 72.4 cm³/mol. The fraction of sp³-hybridized carbons (Fsp3) is 0.667. The Morgan fingerprint density at radius 2 is 2.28 bits per heavy atom. The normalized spacial score (nSPS) is 19.7. The van der Waals surface area contributed by atoms with Crippen LogP contribution in [0.2, 0.25) is 0 Å². The number of nitrogens with zero attached hydrogens (tertiary/aromatic N) is 2. The van der Waals surface area contributed by atoms with E-state index < -0.39 is 5.97 Å². The van der Waals surface area contributed by atoms with Crippen molar-refractivity contribution >= 4 is 22.3 Å². The van der Waals surface area contributed by atoms with Gasteiger partial charge in [-0.2, -0.15) is 0 Å². The second kappa shape index (κ2) is 5.24. The van der Waals surface area contributed by atoms with Crippen molar-refractivity contribution in [3.8, 4) is 0 Å². The molecule has 100 valence electrons. The standard InChI is InChI=1S/C12H19N3O2S/c1-12(3-5-15(2)6-4-12)7-13-10-9(11(16)17)14-8-18-10/h8,13H,3-7H2,1-2H3,(H,16,17). The number of hydrogen-bond donors (Lipinski definition) is 2. The van der Waals surface area contributed by atoms with E-state index in [1.54, 1.807) is 5.51 Å². The van der Waals surface area contributed by atoms with Crippen LogP contribution in [-0.2, 0) is 0 Å². The minimum atomic E-state index is -0.965. The monoisotopic (exact) mass is 269 g/mol. The number of aromatic nitrogens is 1. The Bertz CT molecular complexity index is 425. The van der Waals surface area contributed by atoms with Gasteiger partial charge in [-0.15, -0.1) is 11.3 Å². The summed E-state index contributed by atoms with van der Waals surface area (Å²) in [5.41, 5.74) is 1.95. The maximum absolute atomic E-state index is 11.0. The molecule has 0 amide bonds. The number of carboxylic acid groups (broad SMARTS) is 1.